The molecule has 1 fully saturated rings. The third kappa shape index (κ3) is 4.99. The van der Waals surface area contributed by atoms with E-state index in [0.29, 0.717) is 31.2 Å². The number of hydrogen-bond acceptors (Lipinski definition) is 6. The first-order valence-corrected chi connectivity index (χ1v) is 9.13. The summed E-state index contributed by atoms with van der Waals surface area (Å²) in [6, 6.07) is 9.42. The van der Waals surface area contributed by atoms with Gasteiger partial charge in [-0.05, 0) is 25.0 Å². The lowest BCUT2D eigenvalue weighted by Gasteiger charge is -2.32. The standard InChI is InChI=1S/C17H20N4O3S/c22-15(8-10-24-14-6-2-1-3-7-14)21-9-4-5-13(11-21)16(23)19-17-20-18-12-25-17/h1-3,6-7,12-13H,4-5,8-11H2,(H,19,20,23). The van der Waals surface area contributed by atoms with E-state index in [1.807, 2.05) is 30.3 Å². The van der Waals surface area contributed by atoms with E-state index in [9.17, 15) is 9.59 Å². The number of ether oxygens (including phenoxy) is 1. The normalized spacial score (nSPS) is 17.1. The fraction of sp³-hybridized carbons (Fsp3) is 0.412. The van der Waals surface area contributed by atoms with Crippen LogP contribution >= 0.6 is 11.3 Å². The molecule has 2 heterocycles. The number of anilines is 1. The monoisotopic (exact) mass is 360 g/mol. The Kier molecular flexibility index (Phi) is 5.95. The summed E-state index contributed by atoms with van der Waals surface area (Å²) in [6.45, 7) is 1.46. The van der Waals surface area contributed by atoms with Gasteiger partial charge in [0.2, 0.25) is 16.9 Å². The highest BCUT2D eigenvalue weighted by Crippen LogP contribution is 2.20. The molecule has 8 heteroatoms. The first-order valence-electron chi connectivity index (χ1n) is 8.25. The molecule has 0 spiro atoms. The molecule has 1 aromatic heterocycles. The maximum Gasteiger partial charge on any atom is 0.231 e. The highest BCUT2D eigenvalue weighted by molar-refractivity contribution is 7.13. The largest absolute Gasteiger partial charge is 0.493 e. The van der Waals surface area contributed by atoms with Gasteiger partial charge in [0.1, 0.15) is 11.3 Å². The topological polar surface area (TPSA) is 84.4 Å². The van der Waals surface area contributed by atoms with Crippen LogP contribution in [0.15, 0.2) is 35.8 Å². The quantitative estimate of drug-likeness (QED) is 0.853. The summed E-state index contributed by atoms with van der Waals surface area (Å²) in [6.07, 6.45) is 1.90. The molecule has 1 atom stereocenters. The number of carbonyl (C=O) groups is 2. The van der Waals surface area contributed by atoms with Crippen LogP contribution in [0.25, 0.3) is 0 Å². The number of amides is 2. The number of rotatable bonds is 6. The Morgan fingerprint density at radius 2 is 2.16 bits per heavy atom. The Morgan fingerprint density at radius 3 is 2.92 bits per heavy atom. The molecule has 3 rings (SSSR count). The molecule has 132 valence electrons. The number of carbonyl (C=O) groups excluding carboxylic acids is 2. The minimum atomic E-state index is -0.211. The molecule has 1 aliphatic rings. The fourth-order valence-electron chi connectivity index (χ4n) is 2.78. The number of para-hydroxylation sites is 1. The summed E-state index contributed by atoms with van der Waals surface area (Å²) >= 11 is 1.28. The average Bonchev–Trinajstić information content (AvgIpc) is 3.15. The molecule has 1 N–H and O–H groups in total. The zero-order chi connectivity index (χ0) is 17.5. The Labute approximate surface area is 150 Å². The van der Waals surface area contributed by atoms with Crippen molar-refractivity contribution in [2.24, 2.45) is 5.92 Å². The van der Waals surface area contributed by atoms with Crippen LogP contribution in [0.2, 0.25) is 0 Å². The van der Waals surface area contributed by atoms with Gasteiger partial charge in [-0.1, -0.05) is 29.5 Å². The second kappa shape index (κ2) is 8.57. The number of nitrogens with one attached hydrogen (secondary N) is 1. The first-order chi connectivity index (χ1) is 12.2. The Bertz CT molecular complexity index is 693. The highest BCUT2D eigenvalue weighted by atomic mass is 32.1. The summed E-state index contributed by atoms with van der Waals surface area (Å²) in [4.78, 5) is 26.4. The number of piperidine rings is 1. The lowest BCUT2D eigenvalue weighted by molar-refractivity contribution is -0.135. The van der Waals surface area contributed by atoms with E-state index in [4.69, 9.17) is 4.74 Å². The van der Waals surface area contributed by atoms with Crippen LogP contribution < -0.4 is 10.1 Å². The number of likely N-dealkylation sites (tertiary alicyclic amines) is 1. The van der Waals surface area contributed by atoms with E-state index < -0.39 is 0 Å². The van der Waals surface area contributed by atoms with Crippen molar-refractivity contribution in [1.29, 1.82) is 0 Å². The molecule has 0 aliphatic carbocycles. The smallest absolute Gasteiger partial charge is 0.231 e. The van der Waals surface area contributed by atoms with Gasteiger partial charge in [-0.2, -0.15) is 0 Å². The van der Waals surface area contributed by atoms with Crippen molar-refractivity contribution in [1.82, 2.24) is 15.1 Å². The van der Waals surface area contributed by atoms with Crippen LogP contribution in [0.1, 0.15) is 19.3 Å². The van der Waals surface area contributed by atoms with Gasteiger partial charge in [0.15, 0.2) is 0 Å². The van der Waals surface area contributed by atoms with Gasteiger partial charge in [0.05, 0.1) is 18.9 Å². The Hall–Kier alpha value is -2.48. The van der Waals surface area contributed by atoms with Gasteiger partial charge in [-0.25, -0.2) is 0 Å². The predicted molar refractivity (Wildman–Crippen MR) is 94.4 cm³/mol. The van der Waals surface area contributed by atoms with E-state index in [2.05, 4.69) is 15.5 Å². The summed E-state index contributed by atoms with van der Waals surface area (Å²) in [5, 5.41) is 10.8. The maximum atomic E-state index is 12.4. The van der Waals surface area contributed by atoms with Crippen LogP contribution in [0.5, 0.6) is 5.75 Å². The SMILES string of the molecule is O=C(Nc1nncs1)C1CCCN(C(=O)CCOc2ccccc2)C1. The molecule has 1 aliphatic heterocycles. The Balaban J connectivity index is 1.45. The summed E-state index contributed by atoms with van der Waals surface area (Å²) in [7, 11) is 0. The average molecular weight is 360 g/mol. The molecule has 0 saturated carbocycles. The second-order valence-electron chi connectivity index (χ2n) is 5.82. The lowest BCUT2D eigenvalue weighted by Crippen LogP contribution is -2.44. The van der Waals surface area contributed by atoms with Crippen molar-refractivity contribution >= 4 is 28.3 Å². The fourth-order valence-corrected chi connectivity index (χ4v) is 3.23. The van der Waals surface area contributed by atoms with E-state index in [1.165, 1.54) is 11.3 Å². The van der Waals surface area contributed by atoms with Gasteiger partial charge in [-0.15, -0.1) is 10.2 Å². The molecule has 25 heavy (non-hydrogen) atoms. The molecular formula is C17H20N4O3S. The summed E-state index contributed by atoms with van der Waals surface area (Å²) in [5.74, 6) is 0.457. The molecule has 0 radical (unpaired) electrons. The van der Waals surface area contributed by atoms with Crippen molar-refractivity contribution in [2.45, 2.75) is 19.3 Å². The number of aromatic nitrogens is 2. The Morgan fingerprint density at radius 1 is 1.32 bits per heavy atom. The lowest BCUT2D eigenvalue weighted by atomic mass is 9.97. The molecular weight excluding hydrogens is 340 g/mol. The second-order valence-corrected chi connectivity index (χ2v) is 6.66. The van der Waals surface area contributed by atoms with E-state index in [1.54, 1.807) is 10.4 Å². The van der Waals surface area contributed by atoms with Crippen LogP contribution in [0, 0.1) is 5.92 Å². The van der Waals surface area contributed by atoms with Crippen LogP contribution in [-0.2, 0) is 9.59 Å². The molecule has 2 aromatic rings. The highest BCUT2D eigenvalue weighted by Gasteiger charge is 2.28. The van der Waals surface area contributed by atoms with Crippen LogP contribution in [-0.4, -0.2) is 46.6 Å². The molecule has 2 amide bonds. The van der Waals surface area contributed by atoms with Crippen molar-refractivity contribution < 1.29 is 14.3 Å². The zero-order valence-electron chi connectivity index (χ0n) is 13.8. The molecule has 0 bridgehead atoms. The first kappa shape index (κ1) is 17.3. The maximum absolute atomic E-state index is 12.4. The van der Waals surface area contributed by atoms with Crippen LogP contribution in [0.4, 0.5) is 5.13 Å². The predicted octanol–water partition coefficient (Wildman–Crippen LogP) is 2.18. The number of benzene rings is 1. The number of nitrogens with zero attached hydrogens (tertiary/aromatic N) is 3. The molecule has 1 saturated heterocycles. The van der Waals surface area contributed by atoms with Crippen molar-refractivity contribution in [3.63, 3.8) is 0 Å². The van der Waals surface area contributed by atoms with Crippen LogP contribution in [0.3, 0.4) is 0 Å². The molecule has 7 nitrogen and oxygen atoms in total. The van der Waals surface area contributed by atoms with Gasteiger partial charge in [-0.3, -0.25) is 9.59 Å². The van der Waals surface area contributed by atoms with Crippen molar-refractivity contribution in [3.05, 3.63) is 35.8 Å². The summed E-state index contributed by atoms with van der Waals surface area (Å²) in [5.41, 5.74) is 1.57. The van der Waals surface area contributed by atoms with Gasteiger partial charge in [0.25, 0.3) is 0 Å². The van der Waals surface area contributed by atoms with Crippen molar-refractivity contribution in [2.75, 3.05) is 25.0 Å². The van der Waals surface area contributed by atoms with E-state index in [-0.39, 0.29) is 17.7 Å². The van der Waals surface area contributed by atoms with Gasteiger partial charge < -0.3 is 15.0 Å². The zero-order valence-corrected chi connectivity index (χ0v) is 14.6. The van der Waals surface area contributed by atoms with Gasteiger partial charge in [0, 0.05) is 13.1 Å². The van der Waals surface area contributed by atoms with Crippen molar-refractivity contribution in [3.8, 4) is 5.75 Å². The molecule has 1 unspecified atom stereocenters. The minimum absolute atomic E-state index is 0.0179. The third-order valence-electron chi connectivity index (χ3n) is 4.06. The third-order valence-corrected chi connectivity index (χ3v) is 4.67. The van der Waals surface area contributed by atoms with Gasteiger partial charge >= 0.3 is 0 Å². The van der Waals surface area contributed by atoms with E-state index in [0.717, 1.165) is 18.6 Å². The number of hydrogen-bond donors (Lipinski definition) is 1. The molecule has 1 aromatic carbocycles. The summed E-state index contributed by atoms with van der Waals surface area (Å²) < 4.78 is 5.57. The van der Waals surface area contributed by atoms with E-state index >= 15 is 0 Å². The minimum Gasteiger partial charge on any atom is -0.493 e.